The Morgan fingerprint density at radius 3 is 2.56 bits per heavy atom. The number of rotatable bonds is 3. The van der Waals surface area contributed by atoms with Crippen molar-refractivity contribution >= 4 is 5.91 Å². The van der Waals surface area contributed by atoms with Crippen molar-refractivity contribution in [2.45, 2.75) is 65.8 Å². The molecule has 0 N–H and O–H groups in total. The predicted molar refractivity (Wildman–Crippen MR) is 97.1 cm³/mol. The second kappa shape index (κ2) is 5.96. The molecule has 5 heteroatoms. The van der Waals surface area contributed by atoms with Crippen molar-refractivity contribution in [3.63, 3.8) is 0 Å². The molecule has 25 heavy (non-hydrogen) atoms. The molecule has 5 nitrogen and oxygen atoms in total. The molecule has 0 bridgehead atoms. The first-order valence-electron chi connectivity index (χ1n) is 9.75. The monoisotopic (exact) mass is 342 g/mol. The number of hydrogen-bond donors (Lipinski definition) is 0. The molecule has 1 aliphatic carbocycles. The van der Waals surface area contributed by atoms with Gasteiger partial charge in [-0.1, -0.05) is 25.5 Å². The van der Waals surface area contributed by atoms with Crippen molar-refractivity contribution in [2.24, 2.45) is 17.3 Å². The van der Waals surface area contributed by atoms with Crippen LogP contribution in [-0.2, 0) is 17.8 Å². The van der Waals surface area contributed by atoms with Crippen LogP contribution in [-0.4, -0.2) is 38.7 Å². The molecular weight excluding hydrogens is 312 g/mol. The Morgan fingerprint density at radius 1 is 1.16 bits per heavy atom. The van der Waals surface area contributed by atoms with Gasteiger partial charge in [-0.05, 0) is 44.4 Å². The van der Waals surface area contributed by atoms with E-state index >= 15 is 0 Å². The van der Waals surface area contributed by atoms with E-state index in [-0.39, 0.29) is 11.3 Å². The highest BCUT2D eigenvalue weighted by Crippen LogP contribution is 2.60. The zero-order valence-corrected chi connectivity index (χ0v) is 16.0. The maximum atomic E-state index is 13.0. The van der Waals surface area contributed by atoms with Gasteiger partial charge < -0.3 is 9.47 Å². The number of piperidine rings is 1. The minimum atomic E-state index is 0.110. The highest BCUT2D eigenvalue weighted by molar-refractivity contribution is 5.84. The lowest BCUT2D eigenvalue weighted by Crippen LogP contribution is -2.40. The van der Waals surface area contributed by atoms with E-state index in [0.717, 1.165) is 50.5 Å². The SMILES string of the molecule is CC(C)=C[C@H]1[C@H](C(=O)N2CCC(c3nnc4n3CCC4)CC2)C1(C)C. The molecule has 0 radical (unpaired) electrons. The second-order valence-electron chi connectivity index (χ2n) is 8.90. The molecular formula is C20H30N4O. The van der Waals surface area contributed by atoms with Gasteiger partial charge in [-0.2, -0.15) is 0 Å². The van der Waals surface area contributed by atoms with Gasteiger partial charge in [0.15, 0.2) is 0 Å². The highest BCUT2D eigenvalue weighted by Gasteiger charge is 2.61. The standard InChI is InChI=1S/C20H30N4O/c1-13(2)12-15-17(20(15,3)4)19(25)23-10-7-14(8-11-23)18-22-21-16-6-5-9-24(16)18/h12,14-15,17H,5-11H2,1-4H3/t15-,17+/m0/s1. The van der Waals surface area contributed by atoms with Crippen molar-refractivity contribution < 1.29 is 4.79 Å². The first-order valence-corrected chi connectivity index (χ1v) is 9.75. The largest absolute Gasteiger partial charge is 0.342 e. The quantitative estimate of drug-likeness (QED) is 0.793. The molecule has 1 aromatic rings. The number of carbonyl (C=O) groups is 1. The summed E-state index contributed by atoms with van der Waals surface area (Å²) in [5.41, 5.74) is 1.42. The topological polar surface area (TPSA) is 51.0 Å². The molecule has 2 atom stereocenters. The highest BCUT2D eigenvalue weighted by atomic mass is 16.2. The zero-order chi connectivity index (χ0) is 17.8. The second-order valence-corrected chi connectivity index (χ2v) is 8.90. The van der Waals surface area contributed by atoms with E-state index in [9.17, 15) is 4.79 Å². The fourth-order valence-electron chi connectivity index (χ4n) is 4.85. The van der Waals surface area contributed by atoms with Gasteiger partial charge in [-0.3, -0.25) is 4.79 Å². The Balaban J connectivity index is 1.39. The van der Waals surface area contributed by atoms with Crippen LogP contribution in [0.25, 0.3) is 0 Å². The molecule has 0 unspecified atom stereocenters. The number of hydrogen-bond acceptors (Lipinski definition) is 3. The first kappa shape index (κ1) is 16.8. The molecule has 2 aliphatic heterocycles. The summed E-state index contributed by atoms with van der Waals surface area (Å²) in [4.78, 5) is 15.1. The smallest absolute Gasteiger partial charge is 0.226 e. The van der Waals surface area contributed by atoms with E-state index in [0.29, 0.717) is 17.7 Å². The molecule has 2 fully saturated rings. The van der Waals surface area contributed by atoms with E-state index in [1.165, 1.54) is 12.0 Å². The van der Waals surface area contributed by atoms with E-state index < -0.39 is 0 Å². The normalized spacial score (nSPS) is 27.9. The molecule has 4 rings (SSSR count). The number of carbonyl (C=O) groups excluding carboxylic acids is 1. The molecule has 1 aromatic heterocycles. The number of amides is 1. The van der Waals surface area contributed by atoms with Gasteiger partial charge in [0.25, 0.3) is 0 Å². The Bertz CT molecular complexity index is 705. The Labute approximate surface area is 150 Å². The van der Waals surface area contributed by atoms with Gasteiger partial charge in [0.2, 0.25) is 5.91 Å². The van der Waals surface area contributed by atoms with Gasteiger partial charge in [-0.25, -0.2) is 0 Å². The van der Waals surface area contributed by atoms with E-state index in [2.05, 4.69) is 53.4 Å². The fourth-order valence-corrected chi connectivity index (χ4v) is 4.85. The van der Waals surface area contributed by atoms with Crippen LogP contribution < -0.4 is 0 Å². The molecule has 3 heterocycles. The third-order valence-corrected chi connectivity index (χ3v) is 6.50. The van der Waals surface area contributed by atoms with Crippen LogP contribution >= 0.6 is 0 Å². The first-order chi connectivity index (χ1) is 11.9. The summed E-state index contributed by atoms with van der Waals surface area (Å²) in [6.07, 6.45) is 6.58. The lowest BCUT2D eigenvalue weighted by molar-refractivity contribution is -0.134. The summed E-state index contributed by atoms with van der Waals surface area (Å²) in [5, 5.41) is 8.80. The van der Waals surface area contributed by atoms with Crippen LogP contribution in [0.4, 0.5) is 0 Å². The summed E-state index contributed by atoms with van der Waals surface area (Å²) in [6.45, 7) is 11.5. The molecule has 1 saturated carbocycles. The number of nitrogens with zero attached hydrogens (tertiary/aromatic N) is 4. The zero-order valence-electron chi connectivity index (χ0n) is 16.0. The van der Waals surface area contributed by atoms with Gasteiger partial charge >= 0.3 is 0 Å². The lowest BCUT2D eigenvalue weighted by atomic mass is 9.95. The summed E-state index contributed by atoms with van der Waals surface area (Å²) in [6, 6.07) is 0. The van der Waals surface area contributed by atoms with Crippen LogP contribution in [0.3, 0.4) is 0 Å². The minimum absolute atomic E-state index is 0.110. The van der Waals surface area contributed by atoms with E-state index in [1.54, 1.807) is 0 Å². The average Bonchev–Trinajstić information content (AvgIpc) is 2.94. The summed E-state index contributed by atoms with van der Waals surface area (Å²) in [5.74, 6) is 3.70. The number of aryl methyl sites for hydroxylation is 1. The van der Waals surface area contributed by atoms with Crippen LogP contribution in [0.2, 0.25) is 0 Å². The Kier molecular flexibility index (Phi) is 4.00. The maximum Gasteiger partial charge on any atom is 0.226 e. The van der Waals surface area contributed by atoms with Gasteiger partial charge in [-0.15, -0.1) is 10.2 Å². The molecule has 0 aromatic carbocycles. The molecule has 1 amide bonds. The number of fused-ring (bicyclic) bond motifs is 1. The Morgan fingerprint density at radius 2 is 1.88 bits per heavy atom. The van der Waals surface area contributed by atoms with Gasteiger partial charge in [0.05, 0.1) is 5.92 Å². The minimum Gasteiger partial charge on any atom is -0.342 e. The summed E-state index contributed by atoms with van der Waals surface area (Å²) < 4.78 is 2.32. The van der Waals surface area contributed by atoms with Crippen molar-refractivity contribution in [2.75, 3.05) is 13.1 Å². The van der Waals surface area contributed by atoms with Crippen molar-refractivity contribution in [3.05, 3.63) is 23.3 Å². The van der Waals surface area contributed by atoms with Gasteiger partial charge in [0, 0.05) is 32.0 Å². The average molecular weight is 342 g/mol. The molecule has 136 valence electrons. The van der Waals surface area contributed by atoms with Crippen molar-refractivity contribution in [1.82, 2.24) is 19.7 Å². The third kappa shape index (κ3) is 2.81. The van der Waals surface area contributed by atoms with Crippen LogP contribution in [0.15, 0.2) is 11.6 Å². The number of likely N-dealkylation sites (tertiary alicyclic amines) is 1. The lowest BCUT2D eigenvalue weighted by Gasteiger charge is -2.32. The van der Waals surface area contributed by atoms with E-state index in [1.807, 2.05) is 0 Å². The third-order valence-electron chi connectivity index (χ3n) is 6.50. The molecule has 3 aliphatic rings. The van der Waals surface area contributed by atoms with E-state index in [4.69, 9.17) is 0 Å². The summed E-state index contributed by atoms with van der Waals surface area (Å²) in [7, 11) is 0. The molecule has 0 spiro atoms. The van der Waals surface area contributed by atoms with Crippen LogP contribution in [0, 0.1) is 17.3 Å². The number of aromatic nitrogens is 3. The Hall–Kier alpha value is -1.65. The number of allylic oxidation sites excluding steroid dienone is 2. The van der Waals surface area contributed by atoms with Gasteiger partial charge in [0.1, 0.15) is 11.6 Å². The summed E-state index contributed by atoms with van der Waals surface area (Å²) >= 11 is 0. The predicted octanol–water partition coefficient (Wildman–Crippen LogP) is 3.17. The van der Waals surface area contributed by atoms with Crippen LogP contribution in [0.5, 0.6) is 0 Å². The molecule has 1 saturated heterocycles. The van der Waals surface area contributed by atoms with Crippen molar-refractivity contribution in [1.29, 1.82) is 0 Å². The maximum absolute atomic E-state index is 13.0. The fraction of sp³-hybridized carbons (Fsp3) is 0.750. The van der Waals surface area contributed by atoms with Crippen molar-refractivity contribution in [3.8, 4) is 0 Å². The van der Waals surface area contributed by atoms with Crippen LogP contribution in [0.1, 0.15) is 64.5 Å².